The predicted octanol–water partition coefficient (Wildman–Crippen LogP) is 0.922. The summed E-state index contributed by atoms with van der Waals surface area (Å²) in [5.74, 6) is -0.257. The number of likely N-dealkylation sites (tertiary alicyclic amines) is 1. The van der Waals surface area contributed by atoms with Gasteiger partial charge in [-0.05, 0) is 45.3 Å². The van der Waals surface area contributed by atoms with Crippen molar-refractivity contribution in [1.82, 2.24) is 10.2 Å². The number of unbranched alkanes of at least 4 members (excludes halogenated alkanes) is 1. The number of nitrogens with one attached hydrogen (secondary N) is 1. The number of rotatable bonds is 7. The number of hydrogen-bond donors (Lipinski definition) is 3. The Hall–Kier alpha value is -0.0700. The fourth-order valence-corrected chi connectivity index (χ4v) is 2.25. The van der Waals surface area contributed by atoms with Gasteiger partial charge in [0.15, 0.2) is 0 Å². The van der Waals surface area contributed by atoms with E-state index in [0.29, 0.717) is 6.54 Å². The maximum absolute atomic E-state index is 11.3. The molecule has 0 aromatic rings. The molecule has 0 aromatic carbocycles. The molecule has 1 aliphatic heterocycles. The summed E-state index contributed by atoms with van der Waals surface area (Å²) in [5.41, 5.74) is 5.40. The number of carbonyl (C=O) groups excluding carboxylic acids is 1. The molecule has 4 N–H and O–H groups in total. The highest BCUT2D eigenvalue weighted by Gasteiger charge is 2.11. The molecule has 5 nitrogen and oxygen atoms in total. The topological polar surface area (TPSA) is 78.6 Å². The summed E-state index contributed by atoms with van der Waals surface area (Å²) in [4.78, 5) is 13.8. The quantitative estimate of drug-likeness (QED) is 0.607. The second-order valence-electron chi connectivity index (χ2n) is 5.04. The summed E-state index contributed by atoms with van der Waals surface area (Å²) in [6, 6.07) is -0.782. The van der Waals surface area contributed by atoms with Crippen molar-refractivity contribution in [2.24, 2.45) is 5.73 Å². The molecule has 1 aliphatic rings. The normalized spacial score (nSPS) is 17.3. The number of nitrogens with zero attached hydrogens (tertiary/aromatic N) is 1. The van der Waals surface area contributed by atoms with E-state index in [-0.39, 0.29) is 37.3 Å². The smallest absolute Gasteiger partial charge is 0.239 e. The summed E-state index contributed by atoms with van der Waals surface area (Å²) >= 11 is 0. The van der Waals surface area contributed by atoms with Crippen LogP contribution in [0.2, 0.25) is 0 Å². The van der Waals surface area contributed by atoms with Gasteiger partial charge in [-0.25, -0.2) is 0 Å². The molecular weight excluding hydrogens is 301 g/mol. The van der Waals surface area contributed by atoms with Crippen LogP contribution in [0.15, 0.2) is 0 Å². The van der Waals surface area contributed by atoms with E-state index in [0.717, 1.165) is 19.4 Å². The molecule has 0 radical (unpaired) electrons. The minimum Gasteiger partial charge on any atom is -0.394 e. The zero-order chi connectivity index (χ0) is 13.2. The third-order valence-electron chi connectivity index (χ3n) is 3.43. The lowest BCUT2D eigenvalue weighted by Gasteiger charge is -2.19. The first-order chi connectivity index (χ1) is 8.74. The zero-order valence-corrected chi connectivity index (χ0v) is 13.7. The fourth-order valence-electron chi connectivity index (χ4n) is 2.25. The van der Waals surface area contributed by atoms with Crippen LogP contribution in [0.5, 0.6) is 0 Å². The Morgan fingerprint density at radius 3 is 2.30 bits per heavy atom. The molecule has 0 aromatic heterocycles. The number of aliphatic hydroxyl groups is 1. The molecule has 1 atom stereocenters. The highest BCUT2D eigenvalue weighted by atomic mass is 35.5. The van der Waals surface area contributed by atoms with E-state index in [1.54, 1.807) is 0 Å². The summed E-state index contributed by atoms with van der Waals surface area (Å²) in [6.07, 6.45) is 7.45. The van der Waals surface area contributed by atoms with Gasteiger partial charge in [-0.2, -0.15) is 0 Å². The van der Waals surface area contributed by atoms with Gasteiger partial charge in [0.2, 0.25) is 5.91 Å². The van der Waals surface area contributed by atoms with Crippen molar-refractivity contribution in [1.29, 1.82) is 0 Å². The van der Waals surface area contributed by atoms with Gasteiger partial charge >= 0.3 is 0 Å². The largest absolute Gasteiger partial charge is 0.394 e. The van der Waals surface area contributed by atoms with Crippen molar-refractivity contribution < 1.29 is 9.90 Å². The molecule has 0 spiro atoms. The van der Waals surface area contributed by atoms with Crippen LogP contribution in [0.3, 0.4) is 0 Å². The number of halogens is 2. The molecule has 122 valence electrons. The van der Waals surface area contributed by atoms with Crippen LogP contribution < -0.4 is 11.1 Å². The Labute approximate surface area is 134 Å². The van der Waals surface area contributed by atoms with E-state index in [9.17, 15) is 4.79 Å². The van der Waals surface area contributed by atoms with Gasteiger partial charge in [0, 0.05) is 6.54 Å². The van der Waals surface area contributed by atoms with Crippen LogP contribution in [0.1, 0.15) is 38.5 Å². The molecule has 0 unspecified atom stereocenters. The number of carbonyl (C=O) groups is 1. The minimum atomic E-state index is -0.782. The molecule has 0 saturated carbocycles. The maximum atomic E-state index is 11.3. The van der Waals surface area contributed by atoms with Gasteiger partial charge in [-0.1, -0.05) is 12.8 Å². The second-order valence-corrected chi connectivity index (χ2v) is 5.04. The molecule has 20 heavy (non-hydrogen) atoms. The average molecular weight is 330 g/mol. The summed E-state index contributed by atoms with van der Waals surface area (Å²) < 4.78 is 0. The molecule has 0 bridgehead atoms. The summed E-state index contributed by atoms with van der Waals surface area (Å²) in [7, 11) is 0. The van der Waals surface area contributed by atoms with Gasteiger partial charge in [-0.15, -0.1) is 24.8 Å². The van der Waals surface area contributed by atoms with Crippen LogP contribution in [0.25, 0.3) is 0 Å². The van der Waals surface area contributed by atoms with Crippen molar-refractivity contribution in [3.8, 4) is 0 Å². The SMILES string of the molecule is Cl.Cl.N[C@H](CO)C(=O)NCCCCN1CCCCCC1. The van der Waals surface area contributed by atoms with E-state index in [1.165, 1.54) is 38.8 Å². The first kappa shape index (κ1) is 22.2. The summed E-state index contributed by atoms with van der Waals surface area (Å²) in [6.45, 7) is 3.94. The second kappa shape index (κ2) is 13.9. The monoisotopic (exact) mass is 329 g/mol. The lowest BCUT2D eigenvalue weighted by Crippen LogP contribution is -2.43. The summed E-state index contributed by atoms with van der Waals surface area (Å²) in [5, 5.41) is 11.5. The van der Waals surface area contributed by atoms with Crippen molar-refractivity contribution in [3.05, 3.63) is 0 Å². The Morgan fingerprint density at radius 1 is 1.15 bits per heavy atom. The molecule has 1 rings (SSSR count). The van der Waals surface area contributed by atoms with Crippen LogP contribution in [0.4, 0.5) is 0 Å². The molecule has 1 saturated heterocycles. The number of nitrogens with two attached hydrogens (primary N) is 1. The first-order valence-electron chi connectivity index (χ1n) is 7.10. The highest BCUT2D eigenvalue weighted by molar-refractivity contribution is 5.85. The van der Waals surface area contributed by atoms with Gasteiger partial charge < -0.3 is 21.1 Å². The number of amides is 1. The van der Waals surface area contributed by atoms with Gasteiger partial charge in [-0.3, -0.25) is 4.79 Å². The molecule has 0 aliphatic carbocycles. The van der Waals surface area contributed by atoms with Gasteiger partial charge in [0.05, 0.1) is 6.61 Å². The van der Waals surface area contributed by atoms with Crippen LogP contribution in [-0.2, 0) is 4.79 Å². The first-order valence-corrected chi connectivity index (χ1v) is 7.10. The van der Waals surface area contributed by atoms with E-state index in [4.69, 9.17) is 10.8 Å². The molecular formula is C13H29Cl2N3O2. The third-order valence-corrected chi connectivity index (χ3v) is 3.43. The lowest BCUT2D eigenvalue weighted by atomic mass is 10.2. The molecule has 7 heteroatoms. The maximum Gasteiger partial charge on any atom is 0.239 e. The van der Waals surface area contributed by atoms with Crippen molar-refractivity contribution in [2.45, 2.75) is 44.6 Å². The highest BCUT2D eigenvalue weighted by Crippen LogP contribution is 2.09. The predicted molar refractivity (Wildman–Crippen MR) is 86.7 cm³/mol. The molecule has 1 heterocycles. The Balaban J connectivity index is 0. The average Bonchev–Trinajstić information content (AvgIpc) is 2.65. The van der Waals surface area contributed by atoms with E-state index in [1.807, 2.05) is 0 Å². The molecule has 1 amide bonds. The fraction of sp³-hybridized carbons (Fsp3) is 0.923. The van der Waals surface area contributed by atoms with Crippen molar-refractivity contribution >= 4 is 30.7 Å². The standard InChI is InChI=1S/C13H27N3O2.2ClH/c14-12(11-17)13(18)15-7-3-6-10-16-8-4-1-2-5-9-16;;/h12,17H,1-11,14H2,(H,15,18);2*1H/t12-;;/m1../s1. The number of aliphatic hydroxyl groups excluding tert-OH is 1. The lowest BCUT2D eigenvalue weighted by molar-refractivity contribution is -0.123. The Morgan fingerprint density at radius 2 is 1.75 bits per heavy atom. The van der Waals surface area contributed by atoms with Crippen LogP contribution >= 0.6 is 24.8 Å². The van der Waals surface area contributed by atoms with Crippen LogP contribution in [-0.4, -0.2) is 54.7 Å². The van der Waals surface area contributed by atoms with Crippen molar-refractivity contribution in [2.75, 3.05) is 32.8 Å². The van der Waals surface area contributed by atoms with Crippen LogP contribution in [0, 0.1) is 0 Å². The van der Waals surface area contributed by atoms with Gasteiger partial charge in [0.1, 0.15) is 6.04 Å². The van der Waals surface area contributed by atoms with E-state index >= 15 is 0 Å². The zero-order valence-electron chi connectivity index (χ0n) is 12.1. The number of hydrogen-bond acceptors (Lipinski definition) is 4. The minimum absolute atomic E-state index is 0. The Kier molecular flexibility index (Phi) is 15.4. The molecule has 1 fully saturated rings. The van der Waals surface area contributed by atoms with E-state index in [2.05, 4.69) is 10.2 Å². The van der Waals surface area contributed by atoms with E-state index < -0.39 is 6.04 Å². The van der Waals surface area contributed by atoms with Crippen molar-refractivity contribution in [3.63, 3.8) is 0 Å². The third kappa shape index (κ3) is 9.77. The van der Waals surface area contributed by atoms with Gasteiger partial charge in [0.25, 0.3) is 0 Å². The Bertz CT molecular complexity index is 238.